The highest BCUT2D eigenvalue weighted by Crippen LogP contribution is 2.27. The summed E-state index contributed by atoms with van der Waals surface area (Å²) in [5, 5.41) is 2.98. The second-order valence-electron chi connectivity index (χ2n) is 8.20. The Morgan fingerprint density at radius 1 is 1.06 bits per heavy atom. The number of rotatable bonds is 5. The van der Waals surface area contributed by atoms with Crippen LogP contribution in [0.25, 0.3) is 11.1 Å². The van der Waals surface area contributed by atoms with Crippen LogP contribution in [0, 0.1) is 12.8 Å². The highest BCUT2D eigenvalue weighted by atomic mass is 16.5. The summed E-state index contributed by atoms with van der Waals surface area (Å²) < 4.78 is 5.26. The van der Waals surface area contributed by atoms with Crippen LogP contribution in [0.2, 0.25) is 0 Å². The van der Waals surface area contributed by atoms with Crippen LogP contribution in [0.3, 0.4) is 0 Å². The van der Waals surface area contributed by atoms with E-state index >= 15 is 0 Å². The fourth-order valence-corrected chi connectivity index (χ4v) is 4.16. The van der Waals surface area contributed by atoms with Gasteiger partial charge in [-0.2, -0.15) is 0 Å². The summed E-state index contributed by atoms with van der Waals surface area (Å²) in [6.07, 6.45) is 0.567. The van der Waals surface area contributed by atoms with E-state index in [1.807, 2.05) is 24.3 Å². The van der Waals surface area contributed by atoms with Crippen LogP contribution in [-0.2, 0) is 11.2 Å². The maximum Gasteiger partial charge on any atom is 0.254 e. The third-order valence-corrected chi connectivity index (χ3v) is 5.94. The van der Waals surface area contributed by atoms with E-state index in [4.69, 9.17) is 4.74 Å². The van der Waals surface area contributed by atoms with Gasteiger partial charge in [-0.3, -0.25) is 9.59 Å². The lowest BCUT2D eigenvalue weighted by Gasteiger charge is -2.24. The molecule has 1 heterocycles. The third-order valence-electron chi connectivity index (χ3n) is 5.94. The Kier molecular flexibility index (Phi) is 6.55. The number of nitrogens with zero attached hydrogens (tertiary/aromatic N) is 1. The fourth-order valence-electron chi connectivity index (χ4n) is 4.16. The van der Waals surface area contributed by atoms with Crippen LogP contribution < -0.4 is 10.1 Å². The maximum absolute atomic E-state index is 13.2. The summed E-state index contributed by atoms with van der Waals surface area (Å²) in [5.74, 6) is 0.226. The van der Waals surface area contributed by atoms with Crippen molar-refractivity contribution in [1.82, 2.24) is 10.2 Å². The number of benzene rings is 3. The number of amides is 2. The Balaban J connectivity index is 1.57. The molecule has 0 bridgehead atoms. The standard InChI is InChI=1S/C27H28N2O3/c1-19-10-12-20(13-11-19)25-9-4-3-6-21(25)16-23-18-29(15-14-28-26(23)30)27(31)22-7-5-8-24(17-22)32-2/h3-13,17,23H,14-16,18H2,1-2H3,(H,28,30)/t23-/m1/s1. The normalized spacial score (nSPS) is 16.2. The van der Waals surface area contributed by atoms with Crippen molar-refractivity contribution >= 4 is 11.8 Å². The smallest absolute Gasteiger partial charge is 0.254 e. The first-order valence-corrected chi connectivity index (χ1v) is 10.9. The summed E-state index contributed by atoms with van der Waals surface area (Å²) in [6.45, 7) is 3.38. The van der Waals surface area contributed by atoms with E-state index < -0.39 is 0 Å². The van der Waals surface area contributed by atoms with Crippen LogP contribution in [0.5, 0.6) is 5.75 Å². The van der Waals surface area contributed by atoms with Crippen molar-refractivity contribution in [2.45, 2.75) is 13.3 Å². The van der Waals surface area contributed by atoms with Crippen LogP contribution in [0.1, 0.15) is 21.5 Å². The topological polar surface area (TPSA) is 58.6 Å². The third kappa shape index (κ3) is 4.83. The van der Waals surface area contributed by atoms with Gasteiger partial charge in [-0.25, -0.2) is 0 Å². The second kappa shape index (κ2) is 9.69. The molecule has 1 fully saturated rings. The molecule has 2 amide bonds. The predicted molar refractivity (Wildman–Crippen MR) is 126 cm³/mol. The zero-order valence-corrected chi connectivity index (χ0v) is 18.5. The SMILES string of the molecule is COc1cccc(C(=O)N2CCNC(=O)[C@H](Cc3ccccc3-c3ccc(C)cc3)C2)c1. The number of carbonyl (C=O) groups is 2. The summed E-state index contributed by atoms with van der Waals surface area (Å²) in [6, 6.07) is 23.7. The van der Waals surface area contributed by atoms with Gasteiger partial charge in [-0.05, 0) is 48.2 Å². The first-order valence-electron chi connectivity index (χ1n) is 10.9. The molecule has 164 valence electrons. The Morgan fingerprint density at radius 3 is 2.62 bits per heavy atom. The van der Waals surface area contributed by atoms with E-state index in [0.29, 0.717) is 37.4 Å². The van der Waals surface area contributed by atoms with Gasteiger partial charge in [0.15, 0.2) is 0 Å². The van der Waals surface area contributed by atoms with Gasteiger partial charge in [-0.1, -0.05) is 60.2 Å². The molecule has 0 aliphatic carbocycles. The Morgan fingerprint density at radius 2 is 1.84 bits per heavy atom. The van der Waals surface area contributed by atoms with Crippen molar-refractivity contribution in [1.29, 1.82) is 0 Å². The summed E-state index contributed by atoms with van der Waals surface area (Å²) in [7, 11) is 1.58. The molecule has 5 heteroatoms. The van der Waals surface area contributed by atoms with Crippen molar-refractivity contribution in [2.75, 3.05) is 26.7 Å². The van der Waals surface area contributed by atoms with Crippen molar-refractivity contribution in [3.05, 3.63) is 89.5 Å². The number of methoxy groups -OCH3 is 1. The van der Waals surface area contributed by atoms with Gasteiger partial charge in [-0.15, -0.1) is 0 Å². The molecule has 1 N–H and O–H groups in total. The zero-order chi connectivity index (χ0) is 22.5. The largest absolute Gasteiger partial charge is 0.497 e. The highest BCUT2D eigenvalue weighted by molar-refractivity contribution is 5.95. The minimum atomic E-state index is -0.321. The van der Waals surface area contributed by atoms with E-state index in [9.17, 15) is 9.59 Å². The first kappa shape index (κ1) is 21.6. The Hall–Kier alpha value is -3.60. The molecular weight excluding hydrogens is 400 g/mol. The molecule has 5 nitrogen and oxygen atoms in total. The van der Waals surface area contributed by atoms with Crippen molar-refractivity contribution in [3.8, 4) is 16.9 Å². The molecule has 1 aliphatic rings. The first-order chi connectivity index (χ1) is 15.5. The van der Waals surface area contributed by atoms with Gasteiger partial charge in [0.05, 0.1) is 13.0 Å². The van der Waals surface area contributed by atoms with E-state index in [0.717, 1.165) is 16.7 Å². The molecule has 4 rings (SSSR count). The minimum Gasteiger partial charge on any atom is -0.497 e. The van der Waals surface area contributed by atoms with Gasteiger partial charge < -0.3 is 15.0 Å². The van der Waals surface area contributed by atoms with E-state index in [2.05, 4.69) is 48.6 Å². The fraction of sp³-hybridized carbons (Fsp3) is 0.259. The van der Waals surface area contributed by atoms with Gasteiger partial charge in [0.25, 0.3) is 5.91 Å². The van der Waals surface area contributed by atoms with Crippen molar-refractivity contribution < 1.29 is 14.3 Å². The monoisotopic (exact) mass is 428 g/mol. The average molecular weight is 429 g/mol. The number of carbonyl (C=O) groups excluding carboxylic acids is 2. The Labute approximate surface area is 189 Å². The molecule has 3 aromatic rings. The van der Waals surface area contributed by atoms with Gasteiger partial charge in [0, 0.05) is 25.2 Å². The van der Waals surface area contributed by atoms with Crippen LogP contribution in [0.15, 0.2) is 72.8 Å². The zero-order valence-electron chi connectivity index (χ0n) is 18.5. The average Bonchev–Trinajstić information content (AvgIpc) is 3.01. The predicted octanol–water partition coefficient (Wildman–Crippen LogP) is 4.10. The van der Waals surface area contributed by atoms with Crippen LogP contribution >= 0.6 is 0 Å². The summed E-state index contributed by atoms with van der Waals surface area (Å²) in [4.78, 5) is 27.8. The molecule has 0 unspecified atom stereocenters. The highest BCUT2D eigenvalue weighted by Gasteiger charge is 2.29. The number of nitrogens with one attached hydrogen (secondary N) is 1. The van der Waals surface area contributed by atoms with Gasteiger partial charge in [0.2, 0.25) is 5.91 Å². The molecule has 3 aromatic carbocycles. The molecule has 1 aliphatic heterocycles. The molecule has 32 heavy (non-hydrogen) atoms. The molecular formula is C27H28N2O3. The van der Waals surface area contributed by atoms with E-state index in [-0.39, 0.29) is 17.7 Å². The molecule has 1 saturated heterocycles. The number of hydrogen-bond acceptors (Lipinski definition) is 3. The minimum absolute atomic E-state index is 0.00958. The van der Waals surface area contributed by atoms with Gasteiger partial charge >= 0.3 is 0 Å². The van der Waals surface area contributed by atoms with E-state index in [1.54, 1.807) is 24.1 Å². The molecule has 0 radical (unpaired) electrons. The molecule has 0 saturated carbocycles. The summed E-state index contributed by atoms with van der Waals surface area (Å²) in [5.41, 5.74) is 5.13. The number of ether oxygens (including phenoxy) is 1. The van der Waals surface area contributed by atoms with Crippen molar-refractivity contribution in [2.24, 2.45) is 5.92 Å². The quantitative estimate of drug-likeness (QED) is 0.666. The molecule has 1 atom stereocenters. The Bertz CT molecular complexity index is 1110. The second-order valence-corrected chi connectivity index (χ2v) is 8.20. The summed E-state index contributed by atoms with van der Waals surface area (Å²) >= 11 is 0. The maximum atomic E-state index is 13.2. The lowest BCUT2D eigenvalue weighted by molar-refractivity contribution is -0.124. The lowest BCUT2D eigenvalue weighted by Crippen LogP contribution is -2.37. The molecule has 0 aromatic heterocycles. The van der Waals surface area contributed by atoms with Crippen LogP contribution in [-0.4, -0.2) is 43.5 Å². The van der Waals surface area contributed by atoms with Gasteiger partial charge in [0.1, 0.15) is 5.75 Å². The van der Waals surface area contributed by atoms with E-state index in [1.165, 1.54) is 5.56 Å². The van der Waals surface area contributed by atoms with Crippen LogP contribution in [0.4, 0.5) is 0 Å². The molecule has 0 spiro atoms. The number of hydrogen-bond donors (Lipinski definition) is 1. The number of aryl methyl sites for hydroxylation is 1. The van der Waals surface area contributed by atoms with Crippen molar-refractivity contribution in [3.63, 3.8) is 0 Å². The lowest BCUT2D eigenvalue weighted by atomic mass is 9.91.